The van der Waals surface area contributed by atoms with E-state index < -0.39 is 0 Å². The van der Waals surface area contributed by atoms with Crippen LogP contribution in [0.5, 0.6) is 17.2 Å². The average Bonchev–Trinajstić information content (AvgIpc) is 2.62. The number of halogens is 1. The summed E-state index contributed by atoms with van der Waals surface area (Å²) in [5.41, 5.74) is 6.05. The molecule has 7 heteroatoms. The molecule has 1 amide bonds. The first-order valence-corrected chi connectivity index (χ1v) is 8.88. The highest BCUT2D eigenvalue weighted by Crippen LogP contribution is 2.34. The van der Waals surface area contributed by atoms with Gasteiger partial charge in [0.15, 0.2) is 18.1 Å². The zero-order chi connectivity index (χ0) is 20.0. The summed E-state index contributed by atoms with van der Waals surface area (Å²) in [6, 6.07) is 7.07. The molecule has 27 heavy (non-hydrogen) atoms. The smallest absolute Gasteiger partial charge is 0.277 e. The molecule has 144 valence electrons. The molecule has 0 aliphatic heterocycles. The lowest BCUT2D eigenvalue weighted by molar-refractivity contribution is -0.123. The Balaban J connectivity index is 1.97. The van der Waals surface area contributed by atoms with Gasteiger partial charge in [0.05, 0.1) is 17.8 Å². The Bertz CT molecular complexity index is 866. The summed E-state index contributed by atoms with van der Waals surface area (Å²) in [6.45, 7) is 7.91. The molecule has 0 bridgehead atoms. The third-order valence-corrected chi connectivity index (χ3v) is 4.26. The van der Waals surface area contributed by atoms with Gasteiger partial charge in [-0.15, -0.1) is 0 Å². The van der Waals surface area contributed by atoms with Crippen molar-refractivity contribution in [3.8, 4) is 17.2 Å². The Labute approximate surface area is 163 Å². The number of benzene rings is 2. The molecule has 2 aromatic rings. The number of amides is 1. The fourth-order valence-corrected chi connectivity index (χ4v) is 2.65. The summed E-state index contributed by atoms with van der Waals surface area (Å²) < 4.78 is 10.9. The van der Waals surface area contributed by atoms with Gasteiger partial charge >= 0.3 is 0 Å². The van der Waals surface area contributed by atoms with Crippen molar-refractivity contribution in [2.75, 3.05) is 13.2 Å². The second-order valence-corrected chi connectivity index (χ2v) is 6.43. The number of rotatable bonds is 7. The Morgan fingerprint density at radius 3 is 2.63 bits per heavy atom. The predicted octanol–water partition coefficient (Wildman–Crippen LogP) is 3.90. The molecule has 0 atom stereocenters. The molecule has 0 aliphatic carbocycles. The van der Waals surface area contributed by atoms with E-state index >= 15 is 0 Å². The number of carbonyl (C=O) groups is 1. The molecule has 0 heterocycles. The number of aromatic hydroxyl groups is 1. The van der Waals surface area contributed by atoms with Gasteiger partial charge in [-0.25, -0.2) is 5.43 Å². The van der Waals surface area contributed by atoms with Crippen LogP contribution in [0.25, 0.3) is 0 Å². The fraction of sp³-hybridized carbons (Fsp3) is 0.300. The molecule has 0 radical (unpaired) electrons. The Kier molecular flexibility index (Phi) is 7.07. The lowest BCUT2D eigenvalue weighted by Crippen LogP contribution is -2.25. The number of aryl methyl sites for hydroxylation is 2. The van der Waals surface area contributed by atoms with Gasteiger partial charge in [0.2, 0.25) is 0 Å². The second-order valence-electron chi connectivity index (χ2n) is 6.02. The first kappa shape index (κ1) is 20.6. The highest BCUT2D eigenvalue weighted by Gasteiger charge is 2.10. The zero-order valence-electron chi connectivity index (χ0n) is 15.8. The number of phenolic OH excluding ortho intramolecular Hbond substituents is 1. The van der Waals surface area contributed by atoms with Crippen molar-refractivity contribution in [2.45, 2.75) is 27.7 Å². The molecule has 6 nitrogen and oxygen atoms in total. The summed E-state index contributed by atoms with van der Waals surface area (Å²) in [4.78, 5) is 12.0. The molecule has 0 spiro atoms. The van der Waals surface area contributed by atoms with E-state index in [-0.39, 0.29) is 29.0 Å². The molecule has 0 aromatic heterocycles. The zero-order valence-corrected chi connectivity index (χ0v) is 16.6. The van der Waals surface area contributed by atoms with E-state index in [4.69, 9.17) is 21.1 Å². The molecule has 0 fully saturated rings. The minimum absolute atomic E-state index is 0.128. The van der Waals surface area contributed by atoms with Crippen LogP contribution in [0.2, 0.25) is 5.02 Å². The number of hydrogen-bond acceptors (Lipinski definition) is 5. The van der Waals surface area contributed by atoms with Gasteiger partial charge in [0.25, 0.3) is 5.91 Å². The number of hydrazone groups is 1. The van der Waals surface area contributed by atoms with Crippen LogP contribution in [0.15, 0.2) is 29.4 Å². The van der Waals surface area contributed by atoms with Crippen molar-refractivity contribution in [3.05, 3.63) is 51.5 Å². The van der Waals surface area contributed by atoms with Crippen LogP contribution in [-0.2, 0) is 4.79 Å². The van der Waals surface area contributed by atoms with Crippen LogP contribution >= 0.6 is 11.6 Å². The third-order valence-electron chi connectivity index (χ3n) is 3.97. The molecule has 2 aromatic carbocycles. The Hall–Kier alpha value is -2.73. The van der Waals surface area contributed by atoms with Crippen molar-refractivity contribution in [1.82, 2.24) is 5.43 Å². The lowest BCUT2D eigenvalue weighted by atomic mass is 10.1. The van der Waals surface area contributed by atoms with Crippen LogP contribution in [0.4, 0.5) is 0 Å². The monoisotopic (exact) mass is 390 g/mol. The Morgan fingerprint density at radius 2 is 1.93 bits per heavy atom. The standard InChI is InChI=1S/C20H23ClN2O4/c1-5-26-17-9-15(8-16(21)19(17)25)10-22-23-18(24)11-27-20-13(3)7-6-12(2)14(20)4/h6-10,25H,5,11H2,1-4H3,(H,23,24). The van der Waals surface area contributed by atoms with E-state index in [2.05, 4.69) is 10.5 Å². The van der Waals surface area contributed by atoms with E-state index in [1.54, 1.807) is 13.0 Å². The number of nitrogens with one attached hydrogen (secondary N) is 1. The summed E-state index contributed by atoms with van der Waals surface area (Å²) in [5.74, 6) is 0.450. The first-order chi connectivity index (χ1) is 12.8. The van der Waals surface area contributed by atoms with Crippen molar-refractivity contribution in [2.24, 2.45) is 5.10 Å². The maximum Gasteiger partial charge on any atom is 0.277 e. The van der Waals surface area contributed by atoms with Crippen molar-refractivity contribution >= 4 is 23.7 Å². The lowest BCUT2D eigenvalue weighted by Gasteiger charge is -2.13. The van der Waals surface area contributed by atoms with E-state index in [1.165, 1.54) is 12.3 Å². The summed E-state index contributed by atoms with van der Waals surface area (Å²) >= 11 is 5.96. The molecule has 0 saturated carbocycles. The van der Waals surface area contributed by atoms with Gasteiger partial charge in [-0.3, -0.25) is 4.79 Å². The highest BCUT2D eigenvalue weighted by atomic mass is 35.5. The van der Waals surface area contributed by atoms with Crippen molar-refractivity contribution in [1.29, 1.82) is 0 Å². The highest BCUT2D eigenvalue weighted by molar-refractivity contribution is 6.32. The van der Waals surface area contributed by atoms with Gasteiger partial charge in [0.1, 0.15) is 5.75 Å². The number of carbonyl (C=O) groups excluding carboxylic acids is 1. The first-order valence-electron chi connectivity index (χ1n) is 8.50. The van der Waals surface area contributed by atoms with Gasteiger partial charge in [0, 0.05) is 0 Å². The summed E-state index contributed by atoms with van der Waals surface area (Å²) in [5, 5.41) is 13.9. The van der Waals surface area contributed by atoms with Crippen LogP contribution in [0, 0.1) is 20.8 Å². The normalized spacial score (nSPS) is 10.9. The van der Waals surface area contributed by atoms with E-state index in [0.29, 0.717) is 17.9 Å². The topological polar surface area (TPSA) is 80.2 Å². The van der Waals surface area contributed by atoms with Gasteiger partial charge < -0.3 is 14.6 Å². The van der Waals surface area contributed by atoms with Crippen LogP contribution in [0.1, 0.15) is 29.2 Å². The SMILES string of the molecule is CCOc1cc(C=NNC(=O)COc2c(C)ccc(C)c2C)cc(Cl)c1O. The van der Waals surface area contributed by atoms with Crippen molar-refractivity contribution < 1.29 is 19.4 Å². The van der Waals surface area contributed by atoms with Gasteiger partial charge in [-0.1, -0.05) is 23.7 Å². The Morgan fingerprint density at radius 1 is 1.22 bits per heavy atom. The third kappa shape index (κ3) is 5.37. The average molecular weight is 391 g/mol. The van der Waals surface area contributed by atoms with Gasteiger partial charge in [-0.2, -0.15) is 5.10 Å². The second kappa shape index (κ2) is 9.28. The number of nitrogens with zero attached hydrogens (tertiary/aromatic N) is 1. The quantitative estimate of drug-likeness (QED) is 0.555. The maximum atomic E-state index is 12.0. The predicted molar refractivity (Wildman–Crippen MR) is 106 cm³/mol. The molecule has 0 saturated heterocycles. The number of ether oxygens (including phenoxy) is 2. The summed E-state index contributed by atoms with van der Waals surface area (Å²) in [6.07, 6.45) is 1.41. The van der Waals surface area contributed by atoms with Crippen LogP contribution in [0.3, 0.4) is 0 Å². The van der Waals surface area contributed by atoms with E-state index in [0.717, 1.165) is 16.7 Å². The minimum Gasteiger partial charge on any atom is -0.503 e. The van der Waals surface area contributed by atoms with Crippen LogP contribution < -0.4 is 14.9 Å². The van der Waals surface area contributed by atoms with Crippen molar-refractivity contribution in [3.63, 3.8) is 0 Å². The molecule has 2 N–H and O–H groups in total. The number of hydrogen-bond donors (Lipinski definition) is 2. The fourth-order valence-electron chi connectivity index (χ4n) is 2.43. The maximum absolute atomic E-state index is 12.0. The minimum atomic E-state index is -0.388. The van der Waals surface area contributed by atoms with Gasteiger partial charge in [-0.05, 0) is 62.1 Å². The molecule has 0 aliphatic rings. The summed E-state index contributed by atoms with van der Waals surface area (Å²) in [7, 11) is 0. The largest absolute Gasteiger partial charge is 0.503 e. The van der Waals surface area contributed by atoms with Crippen LogP contribution in [-0.4, -0.2) is 30.4 Å². The van der Waals surface area contributed by atoms with E-state index in [9.17, 15) is 9.90 Å². The molecular formula is C20H23ClN2O4. The molecular weight excluding hydrogens is 368 g/mol. The molecule has 0 unspecified atom stereocenters. The molecule has 2 rings (SSSR count). The van der Waals surface area contributed by atoms with E-state index in [1.807, 2.05) is 32.9 Å². The number of phenols is 1.